The quantitative estimate of drug-likeness (QED) is 0.751. The first-order valence-corrected chi connectivity index (χ1v) is 5.73. The van der Waals surface area contributed by atoms with Gasteiger partial charge >= 0.3 is 5.97 Å². The van der Waals surface area contributed by atoms with Crippen LogP contribution in [0.1, 0.15) is 17.5 Å². The topological polar surface area (TPSA) is 72.5 Å². The van der Waals surface area contributed by atoms with Gasteiger partial charge in [-0.1, -0.05) is 29.8 Å². The number of aliphatic carboxylic acids is 1. The molecule has 0 amide bonds. The van der Waals surface area contributed by atoms with Gasteiger partial charge in [0.15, 0.2) is 6.10 Å². The van der Waals surface area contributed by atoms with Crippen molar-refractivity contribution in [2.75, 3.05) is 13.2 Å². The zero-order valence-corrected chi connectivity index (χ0v) is 10.1. The highest BCUT2D eigenvalue weighted by Gasteiger charge is 2.17. The van der Waals surface area contributed by atoms with Crippen molar-refractivity contribution in [3.8, 4) is 0 Å². The number of rotatable bonds is 7. The lowest BCUT2D eigenvalue weighted by Crippen LogP contribution is -2.27. The molecule has 3 N–H and O–H groups in total. The van der Waals surface area contributed by atoms with Crippen molar-refractivity contribution >= 4 is 5.97 Å². The Balaban J connectivity index is 2.45. The second-order valence-electron chi connectivity index (χ2n) is 4.01. The lowest BCUT2D eigenvalue weighted by Gasteiger charge is -2.12. The molecule has 4 heteroatoms. The van der Waals surface area contributed by atoms with Gasteiger partial charge in [-0.25, -0.2) is 4.79 Å². The fourth-order valence-corrected chi connectivity index (χ4v) is 1.54. The van der Waals surface area contributed by atoms with Crippen molar-refractivity contribution in [2.45, 2.75) is 25.9 Å². The number of benzene rings is 1. The normalized spacial score (nSPS) is 12.4. The fourth-order valence-electron chi connectivity index (χ4n) is 1.54. The van der Waals surface area contributed by atoms with Gasteiger partial charge in [0.25, 0.3) is 0 Å². The Bertz CT molecular complexity index is 348. The summed E-state index contributed by atoms with van der Waals surface area (Å²) in [5.41, 5.74) is 7.60. The van der Waals surface area contributed by atoms with Crippen LogP contribution < -0.4 is 5.73 Å². The van der Waals surface area contributed by atoms with Gasteiger partial charge < -0.3 is 15.6 Å². The summed E-state index contributed by atoms with van der Waals surface area (Å²) < 4.78 is 5.17. The summed E-state index contributed by atoms with van der Waals surface area (Å²) in [7, 11) is 0. The molecule has 0 heterocycles. The molecule has 0 bridgehead atoms. The van der Waals surface area contributed by atoms with Crippen molar-refractivity contribution in [2.24, 2.45) is 5.73 Å². The fraction of sp³-hybridized carbons (Fsp3) is 0.462. The first-order chi connectivity index (χ1) is 8.13. The van der Waals surface area contributed by atoms with E-state index in [1.54, 1.807) is 0 Å². The first-order valence-electron chi connectivity index (χ1n) is 5.73. The summed E-state index contributed by atoms with van der Waals surface area (Å²) in [6, 6.07) is 8.06. The van der Waals surface area contributed by atoms with Crippen molar-refractivity contribution in [3.05, 3.63) is 35.4 Å². The second-order valence-corrected chi connectivity index (χ2v) is 4.01. The highest BCUT2D eigenvalue weighted by atomic mass is 16.5. The van der Waals surface area contributed by atoms with Gasteiger partial charge in [0.1, 0.15) is 0 Å². The standard InChI is InChI=1S/C13H19NO3/c1-10-2-4-11(5-3-10)6-7-12(13(15)16)17-9-8-14/h2-5,12H,6-9,14H2,1H3,(H,15,16). The van der Waals surface area contributed by atoms with E-state index in [4.69, 9.17) is 15.6 Å². The zero-order valence-electron chi connectivity index (χ0n) is 10.1. The van der Waals surface area contributed by atoms with E-state index < -0.39 is 12.1 Å². The van der Waals surface area contributed by atoms with Crippen LogP contribution in [0.2, 0.25) is 0 Å². The maximum absolute atomic E-state index is 10.9. The third-order valence-corrected chi connectivity index (χ3v) is 2.53. The maximum Gasteiger partial charge on any atom is 0.332 e. The molecule has 0 aliphatic heterocycles. The molecule has 17 heavy (non-hydrogen) atoms. The van der Waals surface area contributed by atoms with E-state index in [1.807, 2.05) is 31.2 Å². The molecule has 94 valence electrons. The minimum absolute atomic E-state index is 0.283. The SMILES string of the molecule is Cc1ccc(CCC(OCCN)C(=O)O)cc1. The van der Waals surface area contributed by atoms with E-state index in [0.717, 1.165) is 5.56 Å². The molecular weight excluding hydrogens is 218 g/mol. The van der Waals surface area contributed by atoms with Crippen molar-refractivity contribution < 1.29 is 14.6 Å². The molecule has 1 aromatic carbocycles. The smallest absolute Gasteiger partial charge is 0.332 e. The summed E-state index contributed by atoms with van der Waals surface area (Å²) in [6.07, 6.45) is 0.403. The van der Waals surface area contributed by atoms with E-state index in [9.17, 15) is 4.79 Å². The maximum atomic E-state index is 10.9. The average molecular weight is 237 g/mol. The summed E-state index contributed by atoms with van der Waals surface area (Å²) in [6.45, 7) is 2.65. The van der Waals surface area contributed by atoms with Crippen LogP contribution in [0.15, 0.2) is 24.3 Å². The first kappa shape index (κ1) is 13.7. The molecule has 1 rings (SSSR count). The minimum Gasteiger partial charge on any atom is -0.479 e. The summed E-state index contributed by atoms with van der Waals surface area (Å²) in [5, 5.41) is 8.96. The number of ether oxygens (including phenoxy) is 1. The van der Waals surface area contributed by atoms with Gasteiger partial charge in [0, 0.05) is 6.54 Å². The van der Waals surface area contributed by atoms with Gasteiger partial charge in [-0.3, -0.25) is 0 Å². The van der Waals surface area contributed by atoms with Gasteiger partial charge in [0.05, 0.1) is 6.61 Å². The van der Waals surface area contributed by atoms with Crippen LogP contribution in [0.5, 0.6) is 0 Å². The lowest BCUT2D eigenvalue weighted by atomic mass is 10.1. The minimum atomic E-state index is -0.925. The van der Waals surface area contributed by atoms with E-state index in [-0.39, 0.29) is 6.61 Å². The molecule has 1 unspecified atom stereocenters. The van der Waals surface area contributed by atoms with E-state index in [1.165, 1.54) is 5.56 Å². The van der Waals surface area contributed by atoms with Gasteiger partial charge in [0.2, 0.25) is 0 Å². The van der Waals surface area contributed by atoms with Crippen LogP contribution in [0.3, 0.4) is 0 Å². The lowest BCUT2D eigenvalue weighted by molar-refractivity contribution is -0.150. The molecule has 0 aliphatic rings. The van der Waals surface area contributed by atoms with Crippen LogP contribution in [0.25, 0.3) is 0 Å². The Labute approximate surface area is 101 Å². The van der Waals surface area contributed by atoms with Crippen molar-refractivity contribution in [1.29, 1.82) is 0 Å². The molecule has 0 aliphatic carbocycles. The zero-order chi connectivity index (χ0) is 12.7. The number of aryl methyl sites for hydroxylation is 2. The molecule has 1 atom stereocenters. The summed E-state index contributed by atoms with van der Waals surface area (Å²) in [4.78, 5) is 10.9. The number of hydrogen-bond acceptors (Lipinski definition) is 3. The Morgan fingerprint density at radius 3 is 2.59 bits per heavy atom. The number of carbonyl (C=O) groups is 1. The second kappa shape index (κ2) is 7.04. The Kier molecular flexibility index (Phi) is 5.66. The predicted octanol–water partition coefficient (Wildman–Crippen LogP) is 1.36. The van der Waals surface area contributed by atoms with Gasteiger partial charge in [-0.05, 0) is 25.3 Å². The van der Waals surface area contributed by atoms with Gasteiger partial charge in [-0.15, -0.1) is 0 Å². The Morgan fingerprint density at radius 1 is 1.41 bits per heavy atom. The number of carboxylic acids is 1. The molecule has 0 saturated carbocycles. The molecule has 0 saturated heterocycles. The number of hydrogen-bond donors (Lipinski definition) is 2. The van der Waals surface area contributed by atoms with Gasteiger partial charge in [-0.2, -0.15) is 0 Å². The summed E-state index contributed by atoms with van der Waals surface area (Å²) >= 11 is 0. The highest BCUT2D eigenvalue weighted by Crippen LogP contribution is 2.09. The molecule has 1 aromatic rings. The number of carboxylic acid groups (broad SMARTS) is 1. The third-order valence-electron chi connectivity index (χ3n) is 2.53. The molecule has 4 nitrogen and oxygen atoms in total. The largest absolute Gasteiger partial charge is 0.479 e. The molecular formula is C13H19NO3. The highest BCUT2D eigenvalue weighted by molar-refractivity contribution is 5.72. The van der Waals surface area contributed by atoms with E-state index >= 15 is 0 Å². The number of nitrogens with two attached hydrogens (primary N) is 1. The monoisotopic (exact) mass is 237 g/mol. The van der Waals surface area contributed by atoms with E-state index in [0.29, 0.717) is 19.4 Å². The molecule has 0 aromatic heterocycles. The molecule has 0 fully saturated rings. The van der Waals surface area contributed by atoms with Crippen LogP contribution in [0, 0.1) is 6.92 Å². The van der Waals surface area contributed by atoms with Crippen LogP contribution in [-0.4, -0.2) is 30.3 Å². The molecule has 0 radical (unpaired) electrons. The van der Waals surface area contributed by atoms with Crippen molar-refractivity contribution in [3.63, 3.8) is 0 Å². The van der Waals surface area contributed by atoms with Crippen molar-refractivity contribution in [1.82, 2.24) is 0 Å². The average Bonchev–Trinajstić information content (AvgIpc) is 2.31. The molecule has 0 spiro atoms. The van der Waals surface area contributed by atoms with Crippen LogP contribution in [-0.2, 0) is 16.0 Å². The van der Waals surface area contributed by atoms with Crippen LogP contribution in [0.4, 0.5) is 0 Å². The predicted molar refractivity (Wildman–Crippen MR) is 65.9 cm³/mol. The van der Waals surface area contributed by atoms with E-state index in [2.05, 4.69) is 0 Å². The Morgan fingerprint density at radius 2 is 2.06 bits per heavy atom. The van der Waals surface area contributed by atoms with Crippen LogP contribution >= 0.6 is 0 Å². The summed E-state index contributed by atoms with van der Waals surface area (Å²) in [5.74, 6) is -0.925. The third kappa shape index (κ3) is 4.97. The Hall–Kier alpha value is -1.39.